The summed E-state index contributed by atoms with van der Waals surface area (Å²) in [5, 5.41) is 3.36. The number of methoxy groups -OCH3 is 1. The van der Waals surface area contributed by atoms with E-state index >= 15 is 0 Å². The van der Waals surface area contributed by atoms with E-state index < -0.39 is 0 Å². The van der Waals surface area contributed by atoms with Crippen molar-refractivity contribution in [2.45, 2.75) is 33.2 Å². The number of pyridine rings is 1. The van der Waals surface area contributed by atoms with E-state index in [1.165, 1.54) is 20.0 Å². The van der Waals surface area contributed by atoms with Gasteiger partial charge in [-0.3, -0.25) is 4.79 Å². The number of anilines is 1. The summed E-state index contributed by atoms with van der Waals surface area (Å²) in [4.78, 5) is 25.8. The zero-order chi connectivity index (χ0) is 19.2. The summed E-state index contributed by atoms with van der Waals surface area (Å²) in [7, 11) is 1.46. The van der Waals surface area contributed by atoms with Crippen molar-refractivity contribution >= 4 is 41.7 Å². The monoisotopic (exact) mass is 501 g/mol. The van der Waals surface area contributed by atoms with E-state index in [-0.39, 0.29) is 41.8 Å². The van der Waals surface area contributed by atoms with Crippen LogP contribution < -0.4 is 10.2 Å². The van der Waals surface area contributed by atoms with Crippen LogP contribution in [0.5, 0.6) is 0 Å². The van der Waals surface area contributed by atoms with Gasteiger partial charge in [-0.05, 0) is 43.4 Å². The van der Waals surface area contributed by atoms with Crippen molar-refractivity contribution in [3.8, 4) is 0 Å². The number of nitrogens with one attached hydrogen (secondary N) is 1. The third-order valence-corrected chi connectivity index (χ3v) is 5.40. The summed E-state index contributed by atoms with van der Waals surface area (Å²) in [6.45, 7) is 9.17. The Morgan fingerprint density at radius 3 is 2.79 bits per heavy atom. The molecule has 0 radical (unpaired) electrons. The molecule has 156 valence electrons. The minimum atomic E-state index is -0.134. The maximum atomic E-state index is 12.0. The van der Waals surface area contributed by atoms with Crippen LogP contribution in [0.1, 0.15) is 32.3 Å². The second-order valence-electron chi connectivity index (χ2n) is 7.40. The van der Waals surface area contributed by atoms with Crippen LogP contribution in [-0.2, 0) is 16.1 Å². The number of likely N-dealkylation sites (tertiary alicyclic amines) is 1. The number of halogens is 1. The Balaban J connectivity index is 0.00000280. The number of aromatic nitrogens is 1. The molecule has 0 aromatic carbocycles. The highest BCUT2D eigenvalue weighted by molar-refractivity contribution is 14.0. The predicted molar refractivity (Wildman–Crippen MR) is 122 cm³/mol. The Labute approximate surface area is 184 Å². The zero-order valence-electron chi connectivity index (χ0n) is 17.1. The molecule has 2 saturated heterocycles. The van der Waals surface area contributed by atoms with Gasteiger partial charge in [-0.25, -0.2) is 9.98 Å². The molecule has 1 N–H and O–H groups in total. The van der Waals surface area contributed by atoms with E-state index in [9.17, 15) is 4.79 Å². The van der Waals surface area contributed by atoms with Gasteiger partial charge >= 0.3 is 5.97 Å². The first-order valence-electron chi connectivity index (χ1n) is 9.93. The number of hydrogen-bond donors (Lipinski definition) is 1. The van der Waals surface area contributed by atoms with Gasteiger partial charge < -0.3 is 19.9 Å². The summed E-state index contributed by atoms with van der Waals surface area (Å²) in [5.41, 5.74) is 1.15. The molecule has 2 unspecified atom stereocenters. The largest absolute Gasteiger partial charge is 0.469 e. The van der Waals surface area contributed by atoms with E-state index in [0.29, 0.717) is 13.1 Å². The molecule has 2 fully saturated rings. The first-order valence-corrected chi connectivity index (χ1v) is 9.93. The SMILES string of the molecule is CCNC(=NCc1ccnc(N2CCCC2)c1)N1CC(C)C(C(=O)OC)C1.I. The normalized spacial score (nSPS) is 22.2. The van der Waals surface area contributed by atoms with E-state index in [0.717, 1.165) is 43.5 Å². The van der Waals surface area contributed by atoms with Gasteiger partial charge in [-0.15, -0.1) is 24.0 Å². The number of hydrogen-bond acceptors (Lipinski definition) is 5. The molecule has 2 atom stereocenters. The van der Waals surface area contributed by atoms with Crippen LogP contribution in [0.4, 0.5) is 5.82 Å². The van der Waals surface area contributed by atoms with Crippen molar-refractivity contribution < 1.29 is 9.53 Å². The van der Waals surface area contributed by atoms with Gasteiger partial charge in [-0.2, -0.15) is 0 Å². The van der Waals surface area contributed by atoms with Gasteiger partial charge in [0, 0.05) is 38.9 Å². The van der Waals surface area contributed by atoms with Crippen molar-refractivity contribution in [2.24, 2.45) is 16.8 Å². The molecule has 1 aromatic rings. The number of nitrogens with zero attached hydrogens (tertiary/aromatic N) is 4. The quantitative estimate of drug-likeness (QED) is 0.290. The maximum absolute atomic E-state index is 12.0. The van der Waals surface area contributed by atoms with E-state index in [2.05, 4.69) is 40.0 Å². The van der Waals surface area contributed by atoms with Gasteiger partial charge in [0.1, 0.15) is 5.82 Å². The lowest BCUT2D eigenvalue weighted by atomic mass is 9.99. The average Bonchev–Trinajstić information content (AvgIpc) is 3.35. The van der Waals surface area contributed by atoms with Crippen LogP contribution in [0.3, 0.4) is 0 Å². The Morgan fingerprint density at radius 2 is 2.11 bits per heavy atom. The van der Waals surface area contributed by atoms with Crippen molar-refractivity contribution in [1.29, 1.82) is 0 Å². The van der Waals surface area contributed by atoms with E-state index in [4.69, 9.17) is 9.73 Å². The molecule has 0 aliphatic carbocycles. The average molecular weight is 501 g/mol. The van der Waals surface area contributed by atoms with Crippen molar-refractivity contribution in [3.05, 3.63) is 23.9 Å². The Hall–Kier alpha value is -1.58. The summed E-state index contributed by atoms with van der Waals surface area (Å²) in [5.74, 6) is 1.93. The van der Waals surface area contributed by atoms with Gasteiger partial charge in [0.25, 0.3) is 0 Å². The van der Waals surface area contributed by atoms with Crippen molar-refractivity contribution in [2.75, 3.05) is 44.7 Å². The third kappa shape index (κ3) is 5.48. The maximum Gasteiger partial charge on any atom is 0.310 e. The van der Waals surface area contributed by atoms with Crippen molar-refractivity contribution in [3.63, 3.8) is 0 Å². The van der Waals surface area contributed by atoms with E-state index in [1.807, 2.05) is 12.3 Å². The number of esters is 1. The molecule has 3 heterocycles. The number of rotatable bonds is 5. The molecule has 1 aromatic heterocycles. The van der Waals surface area contributed by atoms with Crippen LogP contribution >= 0.6 is 24.0 Å². The van der Waals surface area contributed by atoms with Crippen LogP contribution in [0.25, 0.3) is 0 Å². The van der Waals surface area contributed by atoms with Crippen LogP contribution in [0.2, 0.25) is 0 Å². The second kappa shape index (κ2) is 10.8. The minimum Gasteiger partial charge on any atom is -0.469 e. The fourth-order valence-electron chi connectivity index (χ4n) is 3.87. The molecular weight excluding hydrogens is 469 g/mol. The molecule has 7 nitrogen and oxygen atoms in total. The Kier molecular flexibility index (Phi) is 8.78. The molecule has 0 spiro atoms. The highest BCUT2D eigenvalue weighted by Gasteiger charge is 2.36. The van der Waals surface area contributed by atoms with Gasteiger partial charge in [-0.1, -0.05) is 6.92 Å². The lowest BCUT2D eigenvalue weighted by Crippen LogP contribution is -2.40. The third-order valence-electron chi connectivity index (χ3n) is 5.40. The summed E-state index contributed by atoms with van der Waals surface area (Å²) in [6.07, 6.45) is 4.35. The topological polar surface area (TPSA) is 70.1 Å². The molecule has 8 heteroatoms. The van der Waals surface area contributed by atoms with Crippen LogP contribution in [0, 0.1) is 11.8 Å². The van der Waals surface area contributed by atoms with Crippen LogP contribution in [-0.4, -0.2) is 61.6 Å². The first-order chi connectivity index (χ1) is 13.1. The first kappa shape index (κ1) is 22.7. The molecule has 2 aliphatic heterocycles. The number of aliphatic imine (C=N–C) groups is 1. The molecule has 2 aliphatic rings. The summed E-state index contributed by atoms with van der Waals surface area (Å²) in [6, 6.07) is 4.17. The molecule has 28 heavy (non-hydrogen) atoms. The Morgan fingerprint density at radius 1 is 1.36 bits per heavy atom. The zero-order valence-corrected chi connectivity index (χ0v) is 19.4. The molecule has 3 rings (SSSR count). The fourth-order valence-corrected chi connectivity index (χ4v) is 3.87. The predicted octanol–water partition coefficient (Wildman–Crippen LogP) is 2.51. The summed E-state index contributed by atoms with van der Waals surface area (Å²) < 4.78 is 4.95. The van der Waals surface area contributed by atoms with Gasteiger partial charge in [0.15, 0.2) is 5.96 Å². The Bertz CT molecular complexity index is 678. The standard InChI is InChI=1S/C20H31N5O2.HI/c1-4-21-20(25-13-15(2)17(14-25)19(26)27-3)23-12-16-7-8-22-18(11-16)24-9-5-6-10-24;/h7-8,11,15,17H,4-6,9-10,12-14H2,1-3H3,(H,21,23);1H. The number of ether oxygens (including phenoxy) is 1. The number of carbonyl (C=O) groups is 1. The highest BCUT2D eigenvalue weighted by atomic mass is 127. The smallest absolute Gasteiger partial charge is 0.310 e. The minimum absolute atomic E-state index is 0. The number of guanidine groups is 1. The number of carbonyl (C=O) groups excluding carboxylic acids is 1. The van der Waals surface area contributed by atoms with Crippen molar-refractivity contribution in [1.82, 2.24) is 15.2 Å². The van der Waals surface area contributed by atoms with Gasteiger partial charge in [0.2, 0.25) is 0 Å². The molecule has 0 bridgehead atoms. The lowest BCUT2D eigenvalue weighted by molar-refractivity contribution is -0.145. The lowest BCUT2D eigenvalue weighted by Gasteiger charge is -2.21. The fraction of sp³-hybridized carbons (Fsp3) is 0.650. The van der Waals surface area contributed by atoms with Gasteiger partial charge in [0.05, 0.1) is 19.6 Å². The summed E-state index contributed by atoms with van der Waals surface area (Å²) >= 11 is 0. The van der Waals surface area contributed by atoms with Crippen LogP contribution in [0.15, 0.2) is 23.3 Å². The van der Waals surface area contributed by atoms with E-state index in [1.54, 1.807) is 0 Å². The highest BCUT2D eigenvalue weighted by Crippen LogP contribution is 2.24. The molecule has 0 amide bonds. The second-order valence-corrected chi connectivity index (χ2v) is 7.40. The molecule has 0 saturated carbocycles. The molecular formula is C20H32IN5O2.